The van der Waals surface area contributed by atoms with Gasteiger partial charge in [0.2, 0.25) is 0 Å². The van der Waals surface area contributed by atoms with Gasteiger partial charge in [-0.05, 0) is 47.6 Å². The third kappa shape index (κ3) is 2.67. The second-order valence-corrected chi connectivity index (χ2v) is 5.23. The Morgan fingerprint density at radius 3 is 2.94 bits per heavy atom. The number of benzene rings is 1. The molecule has 1 heterocycles. The summed E-state index contributed by atoms with van der Waals surface area (Å²) in [4.78, 5) is 14.3. The maximum absolute atomic E-state index is 12.4. The van der Waals surface area contributed by atoms with E-state index in [1.54, 1.807) is 13.2 Å². The highest BCUT2D eigenvalue weighted by Crippen LogP contribution is 2.25. The molecule has 1 amide bonds. The fourth-order valence-corrected chi connectivity index (χ4v) is 2.56. The van der Waals surface area contributed by atoms with Gasteiger partial charge in [-0.25, -0.2) is 0 Å². The molecule has 0 spiro atoms. The van der Waals surface area contributed by atoms with E-state index in [0.717, 1.165) is 24.0 Å². The summed E-state index contributed by atoms with van der Waals surface area (Å²) in [5.41, 5.74) is 0.658. The molecule has 0 aliphatic carbocycles. The Hall–Kier alpha value is -1.07. The third-order valence-electron chi connectivity index (χ3n) is 3.29. The number of rotatable bonds is 3. The maximum atomic E-state index is 12.4. The summed E-state index contributed by atoms with van der Waals surface area (Å²) in [5, 5.41) is 3.21. The average molecular weight is 313 g/mol. The Morgan fingerprint density at radius 2 is 2.33 bits per heavy atom. The fraction of sp³-hybridized carbons (Fsp3) is 0.462. The van der Waals surface area contributed by atoms with E-state index in [-0.39, 0.29) is 5.91 Å². The summed E-state index contributed by atoms with van der Waals surface area (Å²) < 4.78 is 5.97. The molecular weight excluding hydrogens is 296 g/mol. The Labute approximate surface area is 115 Å². The second-order valence-electron chi connectivity index (χ2n) is 4.37. The van der Waals surface area contributed by atoms with E-state index >= 15 is 0 Å². The van der Waals surface area contributed by atoms with Crippen LogP contribution in [0, 0.1) is 0 Å². The number of amides is 1. The van der Waals surface area contributed by atoms with Crippen LogP contribution in [0.3, 0.4) is 0 Å². The van der Waals surface area contributed by atoms with Crippen molar-refractivity contribution in [2.24, 2.45) is 0 Å². The van der Waals surface area contributed by atoms with Crippen LogP contribution < -0.4 is 10.1 Å². The average Bonchev–Trinajstić information content (AvgIpc) is 2.87. The van der Waals surface area contributed by atoms with E-state index in [2.05, 4.69) is 21.2 Å². The minimum atomic E-state index is 0.0542. The Balaban J connectivity index is 2.18. The molecule has 1 aliphatic rings. The number of carbonyl (C=O) groups is 1. The first kappa shape index (κ1) is 13.4. The number of carbonyl (C=O) groups excluding carboxylic acids is 1. The van der Waals surface area contributed by atoms with Gasteiger partial charge >= 0.3 is 0 Å². The van der Waals surface area contributed by atoms with Gasteiger partial charge in [0.25, 0.3) is 5.91 Å². The van der Waals surface area contributed by atoms with Crippen LogP contribution >= 0.6 is 15.9 Å². The summed E-state index contributed by atoms with van der Waals surface area (Å²) in [6, 6.07) is 5.86. The first-order valence-corrected chi connectivity index (χ1v) is 6.75. The molecule has 0 saturated carbocycles. The Bertz CT molecular complexity index is 451. The van der Waals surface area contributed by atoms with Crippen LogP contribution in [0.4, 0.5) is 0 Å². The van der Waals surface area contributed by atoms with Gasteiger partial charge in [0.05, 0.1) is 12.7 Å². The fourth-order valence-electron chi connectivity index (χ4n) is 2.15. The number of nitrogens with one attached hydrogen (secondary N) is 1. The highest BCUT2D eigenvalue weighted by atomic mass is 79.9. The van der Waals surface area contributed by atoms with E-state index < -0.39 is 0 Å². The molecule has 4 nitrogen and oxygen atoms in total. The third-order valence-corrected chi connectivity index (χ3v) is 3.98. The van der Waals surface area contributed by atoms with Crippen LogP contribution in [0.25, 0.3) is 0 Å². The molecule has 1 aromatic carbocycles. The zero-order valence-corrected chi connectivity index (χ0v) is 12.2. The molecule has 2 rings (SSSR count). The number of halogens is 1. The summed E-state index contributed by atoms with van der Waals surface area (Å²) in [6.45, 7) is 1.56. The molecule has 1 saturated heterocycles. The van der Waals surface area contributed by atoms with Gasteiger partial charge < -0.3 is 15.0 Å². The highest BCUT2D eigenvalue weighted by molar-refractivity contribution is 9.10. The van der Waals surface area contributed by atoms with Crippen LogP contribution in [0.1, 0.15) is 16.8 Å². The molecule has 1 aliphatic heterocycles. The van der Waals surface area contributed by atoms with Crippen molar-refractivity contribution < 1.29 is 9.53 Å². The number of likely N-dealkylation sites (tertiary alicyclic amines) is 1. The molecule has 18 heavy (non-hydrogen) atoms. The molecule has 1 fully saturated rings. The lowest BCUT2D eigenvalue weighted by molar-refractivity contribution is 0.0788. The van der Waals surface area contributed by atoms with E-state index in [9.17, 15) is 4.79 Å². The van der Waals surface area contributed by atoms with Gasteiger partial charge in [0.1, 0.15) is 5.75 Å². The monoisotopic (exact) mass is 312 g/mol. The number of likely N-dealkylation sites (N-methyl/N-ethyl adjacent to an activating group) is 1. The molecule has 1 unspecified atom stereocenters. The van der Waals surface area contributed by atoms with Crippen LogP contribution in [0.2, 0.25) is 0 Å². The quantitative estimate of drug-likeness (QED) is 0.926. The van der Waals surface area contributed by atoms with Gasteiger partial charge in [0.15, 0.2) is 0 Å². The SMILES string of the molecule is CNC1CCN(C(=O)c2cc(OC)ccc2Br)C1. The van der Waals surface area contributed by atoms with Gasteiger partial charge in [-0.3, -0.25) is 4.79 Å². The Kier molecular flexibility index (Phi) is 4.24. The first-order valence-electron chi connectivity index (χ1n) is 5.95. The van der Waals surface area contributed by atoms with Gasteiger partial charge in [-0.1, -0.05) is 0 Å². The first-order chi connectivity index (χ1) is 8.65. The van der Waals surface area contributed by atoms with Crippen molar-refractivity contribution in [1.29, 1.82) is 0 Å². The zero-order chi connectivity index (χ0) is 13.1. The number of nitrogens with zero attached hydrogens (tertiary/aromatic N) is 1. The standard InChI is InChI=1S/C13H17BrN2O2/c1-15-9-5-6-16(8-9)13(17)11-7-10(18-2)3-4-12(11)14/h3-4,7,9,15H,5-6,8H2,1-2H3. The zero-order valence-electron chi connectivity index (χ0n) is 10.6. The molecule has 98 valence electrons. The van der Waals surface area contributed by atoms with Crippen LogP contribution in [0.15, 0.2) is 22.7 Å². The number of hydrogen-bond acceptors (Lipinski definition) is 3. The van der Waals surface area contributed by atoms with Crippen molar-refractivity contribution in [1.82, 2.24) is 10.2 Å². The molecule has 0 radical (unpaired) electrons. The summed E-state index contributed by atoms with van der Waals surface area (Å²) in [6.07, 6.45) is 1.00. The molecule has 0 aromatic heterocycles. The summed E-state index contributed by atoms with van der Waals surface area (Å²) in [5.74, 6) is 0.754. The molecule has 5 heteroatoms. The predicted octanol–water partition coefficient (Wildman–Crippen LogP) is 1.89. The number of hydrogen-bond donors (Lipinski definition) is 1. The second kappa shape index (κ2) is 5.71. The highest BCUT2D eigenvalue weighted by Gasteiger charge is 2.27. The lowest BCUT2D eigenvalue weighted by Gasteiger charge is -2.17. The smallest absolute Gasteiger partial charge is 0.255 e. The van der Waals surface area contributed by atoms with Gasteiger partial charge in [-0.2, -0.15) is 0 Å². The van der Waals surface area contributed by atoms with Crippen LogP contribution in [-0.4, -0.2) is 44.1 Å². The molecule has 1 atom stereocenters. The molecule has 1 aromatic rings. The summed E-state index contributed by atoms with van der Waals surface area (Å²) >= 11 is 3.42. The van der Waals surface area contributed by atoms with Crippen molar-refractivity contribution in [2.45, 2.75) is 12.5 Å². The minimum Gasteiger partial charge on any atom is -0.497 e. The number of ether oxygens (including phenoxy) is 1. The van der Waals surface area contributed by atoms with Gasteiger partial charge in [0, 0.05) is 23.6 Å². The van der Waals surface area contributed by atoms with Crippen molar-refractivity contribution in [2.75, 3.05) is 27.2 Å². The van der Waals surface area contributed by atoms with E-state index in [1.165, 1.54) is 0 Å². The van der Waals surface area contributed by atoms with Crippen molar-refractivity contribution in [3.63, 3.8) is 0 Å². The predicted molar refractivity (Wildman–Crippen MR) is 74.1 cm³/mol. The van der Waals surface area contributed by atoms with Crippen LogP contribution in [-0.2, 0) is 0 Å². The number of methoxy groups -OCH3 is 1. The summed E-state index contributed by atoms with van der Waals surface area (Å²) in [7, 11) is 3.53. The van der Waals surface area contributed by atoms with Crippen LogP contribution in [0.5, 0.6) is 5.75 Å². The minimum absolute atomic E-state index is 0.0542. The maximum Gasteiger partial charge on any atom is 0.255 e. The largest absolute Gasteiger partial charge is 0.497 e. The van der Waals surface area contributed by atoms with Crippen molar-refractivity contribution in [3.8, 4) is 5.75 Å². The van der Waals surface area contributed by atoms with E-state index in [4.69, 9.17) is 4.74 Å². The molecule has 0 bridgehead atoms. The topological polar surface area (TPSA) is 41.6 Å². The van der Waals surface area contributed by atoms with Gasteiger partial charge in [-0.15, -0.1) is 0 Å². The van der Waals surface area contributed by atoms with Crippen molar-refractivity contribution >= 4 is 21.8 Å². The van der Waals surface area contributed by atoms with E-state index in [0.29, 0.717) is 17.4 Å². The van der Waals surface area contributed by atoms with E-state index in [1.807, 2.05) is 24.1 Å². The normalized spacial score (nSPS) is 19.1. The lowest BCUT2D eigenvalue weighted by atomic mass is 10.2. The molecule has 1 N–H and O–H groups in total. The molecular formula is C13H17BrN2O2. The lowest BCUT2D eigenvalue weighted by Crippen LogP contribution is -2.33. The van der Waals surface area contributed by atoms with Crippen molar-refractivity contribution in [3.05, 3.63) is 28.2 Å². The Morgan fingerprint density at radius 1 is 1.56 bits per heavy atom.